The summed E-state index contributed by atoms with van der Waals surface area (Å²) in [7, 11) is 0. The van der Waals surface area contributed by atoms with Gasteiger partial charge in [-0.05, 0) is 25.3 Å². The molecule has 7 heteroatoms. The van der Waals surface area contributed by atoms with Crippen molar-refractivity contribution < 1.29 is 9.59 Å². The molecule has 3 heterocycles. The average Bonchev–Trinajstić information content (AvgIpc) is 2.95. The first-order valence-corrected chi connectivity index (χ1v) is 7.70. The van der Waals surface area contributed by atoms with E-state index in [0.29, 0.717) is 31.6 Å². The molecule has 2 aliphatic heterocycles. The van der Waals surface area contributed by atoms with Gasteiger partial charge in [-0.2, -0.15) is 5.10 Å². The first-order chi connectivity index (χ1) is 10.6. The largest absolute Gasteiger partial charge is 0.356 e. The zero-order valence-corrected chi connectivity index (χ0v) is 12.4. The number of rotatable bonds is 3. The summed E-state index contributed by atoms with van der Waals surface area (Å²) < 4.78 is 0. The summed E-state index contributed by atoms with van der Waals surface area (Å²) in [5, 5.41) is 9.18. The van der Waals surface area contributed by atoms with Gasteiger partial charge in [0.1, 0.15) is 0 Å². The van der Waals surface area contributed by atoms with Crippen molar-refractivity contribution in [3.63, 3.8) is 0 Å². The molecule has 2 amide bonds. The molecule has 0 aromatic carbocycles. The van der Waals surface area contributed by atoms with E-state index in [1.165, 1.54) is 6.07 Å². The Balaban J connectivity index is 1.56. The molecule has 2 N–H and O–H groups in total. The van der Waals surface area contributed by atoms with Crippen LogP contribution < -0.4 is 10.9 Å². The highest BCUT2D eigenvalue weighted by atomic mass is 16.2. The third-order valence-electron chi connectivity index (χ3n) is 4.64. The van der Waals surface area contributed by atoms with Crippen LogP contribution >= 0.6 is 0 Å². The van der Waals surface area contributed by atoms with Gasteiger partial charge in [0.25, 0.3) is 5.56 Å². The van der Waals surface area contributed by atoms with Crippen molar-refractivity contribution in [2.45, 2.75) is 32.1 Å². The second-order valence-corrected chi connectivity index (χ2v) is 6.12. The zero-order valence-electron chi connectivity index (χ0n) is 12.4. The van der Waals surface area contributed by atoms with E-state index in [9.17, 15) is 14.4 Å². The zero-order chi connectivity index (χ0) is 15.6. The van der Waals surface area contributed by atoms with Crippen molar-refractivity contribution in [2.75, 3.05) is 19.6 Å². The second-order valence-electron chi connectivity index (χ2n) is 6.12. The Labute approximate surface area is 128 Å². The highest BCUT2D eigenvalue weighted by Crippen LogP contribution is 2.37. The molecule has 1 aromatic heterocycles. The van der Waals surface area contributed by atoms with Crippen LogP contribution in [0.1, 0.15) is 31.4 Å². The predicted molar refractivity (Wildman–Crippen MR) is 79.1 cm³/mol. The maximum absolute atomic E-state index is 12.3. The molecular formula is C15H20N4O3. The monoisotopic (exact) mass is 304 g/mol. The number of carbonyl (C=O) groups is 2. The molecule has 0 aliphatic carbocycles. The molecule has 1 unspecified atom stereocenters. The van der Waals surface area contributed by atoms with E-state index in [1.807, 2.05) is 0 Å². The molecule has 0 radical (unpaired) electrons. The number of nitrogens with zero attached hydrogens (tertiary/aromatic N) is 2. The third kappa shape index (κ3) is 2.88. The summed E-state index contributed by atoms with van der Waals surface area (Å²) in [6, 6.07) is 3.04. The van der Waals surface area contributed by atoms with Gasteiger partial charge in [0.2, 0.25) is 11.8 Å². The standard InChI is InChI=1S/C15H20N4O3/c20-12-4-2-11(17-18-12)3-5-13(21)19-9-7-15(10-19)6-1-8-16-14(15)22/h2,4H,1,3,5-10H2,(H,16,22)(H,18,20). The number of piperidine rings is 1. The highest BCUT2D eigenvalue weighted by Gasteiger charge is 2.46. The van der Waals surface area contributed by atoms with Crippen LogP contribution in [0, 0.1) is 5.41 Å². The van der Waals surface area contributed by atoms with Gasteiger partial charge in [-0.15, -0.1) is 0 Å². The lowest BCUT2D eigenvalue weighted by Crippen LogP contribution is -2.47. The maximum Gasteiger partial charge on any atom is 0.264 e. The number of hydrogen-bond acceptors (Lipinski definition) is 4. The van der Waals surface area contributed by atoms with E-state index < -0.39 is 0 Å². The fourth-order valence-corrected chi connectivity index (χ4v) is 3.31. The van der Waals surface area contributed by atoms with Crippen LogP contribution in [-0.2, 0) is 16.0 Å². The predicted octanol–water partition coefficient (Wildman–Crippen LogP) is -0.169. The van der Waals surface area contributed by atoms with Gasteiger partial charge in [-0.3, -0.25) is 14.4 Å². The van der Waals surface area contributed by atoms with E-state index in [-0.39, 0.29) is 22.8 Å². The van der Waals surface area contributed by atoms with Crippen LogP contribution in [0.4, 0.5) is 0 Å². The fourth-order valence-electron chi connectivity index (χ4n) is 3.31. The van der Waals surface area contributed by atoms with E-state index in [0.717, 1.165) is 25.8 Å². The first-order valence-electron chi connectivity index (χ1n) is 7.70. The van der Waals surface area contributed by atoms with Crippen molar-refractivity contribution in [3.05, 3.63) is 28.2 Å². The molecule has 0 saturated carbocycles. The minimum atomic E-state index is -0.371. The van der Waals surface area contributed by atoms with Gasteiger partial charge in [0, 0.05) is 38.5 Å². The molecule has 2 fully saturated rings. The van der Waals surface area contributed by atoms with Gasteiger partial charge < -0.3 is 10.2 Å². The van der Waals surface area contributed by atoms with E-state index in [4.69, 9.17) is 0 Å². The van der Waals surface area contributed by atoms with Crippen molar-refractivity contribution in [1.29, 1.82) is 0 Å². The molecule has 22 heavy (non-hydrogen) atoms. The summed E-state index contributed by atoms with van der Waals surface area (Å²) in [5.74, 6) is 0.139. The van der Waals surface area contributed by atoms with Crippen LogP contribution in [0.2, 0.25) is 0 Å². The number of amides is 2. The lowest BCUT2D eigenvalue weighted by molar-refractivity contribution is -0.134. The highest BCUT2D eigenvalue weighted by molar-refractivity contribution is 5.86. The van der Waals surface area contributed by atoms with Crippen molar-refractivity contribution in [1.82, 2.24) is 20.4 Å². The molecule has 118 valence electrons. The normalized spacial score (nSPS) is 24.5. The SMILES string of the molecule is O=C(CCc1ccc(=O)[nH]n1)N1CCC2(CCCNC2=O)C1. The number of nitrogens with one attached hydrogen (secondary N) is 2. The maximum atomic E-state index is 12.3. The van der Waals surface area contributed by atoms with Crippen molar-refractivity contribution in [3.8, 4) is 0 Å². The number of carbonyl (C=O) groups excluding carboxylic acids is 2. The summed E-state index contributed by atoms with van der Waals surface area (Å²) >= 11 is 0. The smallest absolute Gasteiger partial charge is 0.264 e. The summed E-state index contributed by atoms with van der Waals surface area (Å²) in [6.07, 6.45) is 3.43. The van der Waals surface area contributed by atoms with Crippen LogP contribution in [0.5, 0.6) is 0 Å². The van der Waals surface area contributed by atoms with Gasteiger partial charge >= 0.3 is 0 Å². The van der Waals surface area contributed by atoms with Gasteiger partial charge in [-0.1, -0.05) is 0 Å². The molecular weight excluding hydrogens is 284 g/mol. The Hall–Kier alpha value is -2.18. The van der Waals surface area contributed by atoms with Crippen molar-refractivity contribution in [2.24, 2.45) is 5.41 Å². The third-order valence-corrected chi connectivity index (χ3v) is 4.64. The molecule has 1 aromatic rings. The Kier molecular flexibility index (Phi) is 3.96. The summed E-state index contributed by atoms with van der Waals surface area (Å²) in [4.78, 5) is 37.1. The Morgan fingerprint density at radius 3 is 2.91 bits per heavy atom. The Morgan fingerprint density at radius 1 is 1.32 bits per heavy atom. The quantitative estimate of drug-likeness (QED) is 0.810. The topological polar surface area (TPSA) is 95.2 Å². The van der Waals surface area contributed by atoms with Gasteiger partial charge in [0.05, 0.1) is 11.1 Å². The van der Waals surface area contributed by atoms with E-state index in [1.54, 1.807) is 11.0 Å². The molecule has 2 saturated heterocycles. The second kappa shape index (κ2) is 5.90. The summed E-state index contributed by atoms with van der Waals surface area (Å²) in [5.41, 5.74) is 0.0709. The summed E-state index contributed by atoms with van der Waals surface area (Å²) in [6.45, 7) is 1.91. The minimum absolute atomic E-state index is 0.0447. The average molecular weight is 304 g/mol. The van der Waals surface area contributed by atoms with Crippen LogP contribution in [0.3, 0.4) is 0 Å². The van der Waals surface area contributed by atoms with Crippen molar-refractivity contribution >= 4 is 11.8 Å². The van der Waals surface area contributed by atoms with Gasteiger partial charge in [0.15, 0.2) is 0 Å². The number of hydrogen-bond donors (Lipinski definition) is 2. The lowest BCUT2D eigenvalue weighted by Gasteiger charge is -2.32. The molecule has 2 aliphatic rings. The Morgan fingerprint density at radius 2 is 2.18 bits per heavy atom. The number of likely N-dealkylation sites (tertiary alicyclic amines) is 1. The fraction of sp³-hybridized carbons (Fsp3) is 0.600. The molecule has 0 bridgehead atoms. The molecule has 1 spiro atoms. The first kappa shape index (κ1) is 14.7. The lowest BCUT2D eigenvalue weighted by atomic mass is 9.79. The Bertz CT molecular complexity index is 621. The molecule has 7 nitrogen and oxygen atoms in total. The number of aryl methyl sites for hydroxylation is 1. The number of H-pyrrole nitrogens is 1. The number of aromatic amines is 1. The van der Waals surface area contributed by atoms with Gasteiger partial charge in [-0.25, -0.2) is 5.10 Å². The van der Waals surface area contributed by atoms with E-state index in [2.05, 4.69) is 15.5 Å². The van der Waals surface area contributed by atoms with E-state index >= 15 is 0 Å². The van der Waals surface area contributed by atoms with Crippen LogP contribution in [-0.4, -0.2) is 46.5 Å². The number of aromatic nitrogens is 2. The molecule has 3 rings (SSSR count). The minimum Gasteiger partial charge on any atom is -0.356 e. The van der Waals surface area contributed by atoms with Crippen LogP contribution in [0.25, 0.3) is 0 Å². The van der Waals surface area contributed by atoms with Crippen LogP contribution in [0.15, 0.2) is 16.9 Å². The molecule has 1 atom stereocenters.